The van der Waals surface area contributed by atoms with Crippen LogP contribution in [0.15, 0.2) is 12.2 Å². The highest BCUT2D eigenvalue weighted by molar-refractivity contribution is 7.80. The molecule has 1 heterocycles. The number of ether oxygens (including phenoxy) is 4. The Labute approximate surface area is 283 Å². The average Bonchev–Trinajstić information content (AvgIpc) is 3.02. The molecule has 1 aliphatic rings. The van der Waals surface area contributed by atoms with Crippen LogP contribution in [-0.2, 0) is 38.3 Å². The van der Waals surface area contributed by atoms with Crippen LogP contribution in [0.3, 0.4) is 0 Å². The number of aliphatic hydroxyl groups is 3. The van der Waals surface area contributed by atoms with Gasteiger partial charge in [0, 0.05) is 13.0 Å². The zero-order valence-corrected chi connectivity index (χ0v) is 29.7. The van der Waals surface area contributed by atoms with Crippen molar-refractivity contribution in [3.63, 3.8) is 0 Å². The van der Waals surface area contributed by atoms with Gasteiger partial charge in [-0.25, -0.2) is 4.18 Å². The second-order valence-electron chi connectivity index (χ2n) is 12.5. The molecule has 47 heavy (non-hydrogen) atoms. The number of aliphatic hydroxyl groups excluding tert-OH is 3. The summed E-state index contributed by atoms with van der Waals surface area (Å²) in [5, 5.41) is 30.1. The molecule has 1 aliphatic heterocycles. The van der Waals surface area contributed by atoms with Gasteiger partial charge < -0.3 is 34.3 Å². The van der Waals surface area contributed by atoms with Gasteiger partial charge in [0.25, 0.3) is 0 Å². The highest BCUT2D eigenvalue weighted by Gasteiger charge is 2.48. The first kappa shape index (κ1) is 43.9. The van der Waals surface area contributed by atoms with Gasteiger partial charge in [0.2, 0.25) is 0 Å². The SMILES string of the molecule is CCCCCCCCC/C=C\CCCCCCCCCCOCC(COC1OC(CO)C(O)C(OS(=O)(=O)O)C1O)OC(=O)CCC. The first-order valence-electron chi connectivity index (χ1n) is 17.9. The molecule has 0 aromatic rings. The maximum Gasteiger partial charge on any atom is 0.397 e. The molecule has 4 N–H and O–H groups in total. The Balaban J connectivity index is 2.23. The quantitative estimate of drug-likeness (QED) is 0.0318. The molecule has 0 saturated carbocycles. The van der Waals surface area contributed by atoms with Crippen molar-refractivity contribution in [1.82, 2.24) is 0 Å². The van der Waals surface area contributed by atoms with Crippen LogP contribution >= 0.6 is 0 Å². The molecule has 278 valence electrons. The summed E-state index contributed by atoms with van der Waals surface area (Å²) in [5.41, 5.74) is 0. The second kappa shape index (κ2) is 27.6. The highest BCUT2D eigenvalue weighted by atomic mass is 32.3. The van der Waals surface area contributed by atoms with E-state index in [1.165, 1.54) is 89.9 Å². The van der Waals surface area contributed by atoms with Gasteiger partial charge in [-0.3, -0.25) is 9.35 Å². The summed E-state index contributed by atoms with van der Waals surface area (Å²) in [4.78, 5) is 12.1. The molecular formula is C34H64O12S. The van der Waals surface area contributed by atoms with Crippen LogP contribution in [0.5, 0.6) is 0 Å². The number of unbranched alkanes of at least 4 members (excludes halogenated alkanes) is 15. The lowest BCUT2D eigenvalue weighted by Gasteiger charge is -2.41. The van der Waals surface area contributed by atoms with Gasteiger partial charge in [0.1, 0.15) is 30.5 Å². The summed E-state index contributed by atoms with van der Waals surface area (Å²) < 4.78 is 57.9. The molecular weight excluding hydrogens is 632 g/mol. The molecule has 1 saturated heterocycles. The van der Waals surface area contributed by atoms with E-state index in [-0.39, 0.29) is 19.6 Å². The first-order chi connectivity index (χ1) is 22.6. The third-order valence-electron chi connectivity index (χ3n) is 8.11. The molecule has 6 unspecified atom stereocenters. The Morgan fingerprint density at radius 3 is 1.87 bits per heavy atom. The Bertz CT molecular complexity index is 900. The Hall–Kier alpha value is -1.16. The zero-order chi connectivity index (χ0) is 34.8. The number of hydrogen-bond donors (Lipinski definition) is 4. The van der Waals surface area contributed by atoms with Crippen LogP contribution in [0, 0.1) is 0 Å². The van der Waals surface area contributed by atoms with Crippen molar-refractivity contribution in [2.24, 2.45) is 0 Å². The van der Waals surface area contributed by atoms with E-state index < -0.39 is 59.8 Å². The van der Waals surface area contributed by atoms with Gasteiger partial charge >= 0.3 is 16.4 Å². The van der Waals surface area contributed by atoms with Gasteiger partial charge in [0.15, 0.2) is 6.29 Å². The summed E-state index contributed by atoms with van der Waals surface area (Å²) in [7, 11) is -5.04. The van der Waals surface area contributed by atoms with Crippen LogP contribution in [0.1, 0.15) is 136 Å². The molecule has 0 spiro atoms. The van der Waals surface area contributed by atoms with Crippen molar-refractivity contribution in [3.8, 4) is 0 Å². The van der Waals surface area contributed by atoms with Crippen molar-refractivity contribution in [2.45, 2.75) is 173 Å². The van der Waals surface area contributed by atoms with Crippen molar-refractivity contribution in [2.75, 3.05) is 26.4 Å². The van der Waals surface area contributed by atoms with E-state index in [0.29, 0.717) is 13.0 Å². The van der Waals surface area contributed by atoms with E-state index in [4.69, 9.17) is 23.5 Å². The van der Waals surface area contributed by atoms with Crippen molar-refractivity contribution in [1.29, 1.82) is 0 Å². The molecule has 0 radical (unpaired) electrons. The maximum absolute atomic E-state index is 12.1. The normalized spacial score (nSPS) is 22.6. The van der Waals surface area contributed by atoms with Crippen molar-refractivity contribution < 1.29 is 56.2 Å². The van der Waals surface area contributed by atoms with E-state index in [1.807, 2.05) is 6.92 Å². The molecule has 0 aliphatic carbocycles. The summed E-state index contributed by atoms with van der Waals surface area (Å²) in [5.74, 6) is -0.453. The lowest BCUT2D eigenvalue weighted by atomic mass is 9.99. The zero-order valence-electron chi connectivity index (χ0n) is 28.8. The van der Waals surface area contributed by atoms with Crippen molar-refractivity contribution in [3.05, 3.63) is 12.2 Å². The summed E-state index contributed by atoms with van der Waals surface area (Å²) in [6.07, 6.45) is 17.4. The van der Waals surface area contributed by atoms with Crippen LogP contribution in [0.2, 0.25) is 0 Å². The van der Waals surface area contributed by atoms with Gasteiger partial charge in [-0.2, -0.15) is 8.42 Å². The number of hydrogen-bond acceptors (Lipinski definition) is 11. The Kier molecular flexibility index (Phi) is 25.8. The number of carbonyl (C=O) groups excluding carboxylic acids is 1. The standard InChI is InChI=1S/C34H64O12S/c1-3-5-6-7-8-9-10-11-12-13-14-15-16-17-18-19-20-21-22-24-42-26-28(44-30(36)23-4-2)27-43-34-32(38)33(46-47(39,40)41)31(37)29(25-35)45-34/h12-13,28-29,31-35,37-38H,3-11,14-27H2,1-2H3,(H,39,40,41)/b13-12-. The summed E-state index contributed by atoms with van der Waals surface area (Å²) in [6, 6.07) is 0. The third kappa shape index (κ3) is 22.2. The summed E-state index contributed by atoms with van der Waals surface area (Å²) in [6.45, 7) is 3.57. The fraction of sp³-hybridized carbons (Fsp3) is 0.912. The number of carbonyl (C=O) groups is 1. The second-order valence-corrected chi connectivity index (χ2v) is 13.5. The molecule has 0 bridgehead atoms. The lowest BCUT2D eigenvalue weighted by Crippen LogP contribution is -2.60. The largest absolute Gasteiger partial charge is 0.457 e. The highest BCUT2D eigenvalue weighted by Crippen LogP contribution is 2.26. The van der Waals surface area contributed by atoms with Gasteiger partial charge in [-0.05, 0) is 38.5 Å². The van der Waals surface area contributed by atoms with E-state index in [0.717, 1.165) is 19.3 Å². The minimum Gasteiger partial charge on any atom is -0.457 e. The van der Waals surface area contributed by atoms with Crippen LogP contribution in [0.4, 0.5) is 0 Å². The minimum atomic E-state index is -5.04. The van der Waals surface area contributed by atoms with Crippen LogP contribution < -0.4 is 0 Å². The fourth-order valence-electron chi connectivity index (χ4n) is 5.41. The lowest BCUT2D eigenvalue weighted by molar-refractivity contribution is -0.301. The summed E-state index contributed by atoms with van der Waals surface area (Å²) >= 11 is 0. The molecule has 1 fully saturated rings. The number of rotatable bonds is 30. The smallest absolute Gasteiger partial charge is 0.397 e. The minimum absolute atomic E-state index is 0.0305. The van der Waals surface area contributed by atoms with E-state index >= 15 is 0 Å². The van der Waals surface area contributed by atoms with Crippen molar-refractivity contribution >= 4 is 16.4 Å². The molecule has 6 atom stereocenters. The van der Waals surface area contributed by atoms with E-state index in [1.54, 1.807) is 0 Å². The van der Waals surface area contributed by atoms with E-state index in [2.05, 4.69) is 23.3 Å². The molecule has 0 aromatic carbocycles. The predicted octanol–water partition coefficient (Wildman–Crippen LogP) is 5.57. The average molecular weight is 697 g/mol. The van der Waals surface area contributed by atoms with Gasteiger partial charge in [-0.15, -0.1) is 0 Å². The first-order valence-corrected chi connectivity index (χ1v) is 19.3. The molecule has 0 aromatic heterocycles. The fourth-order valence-corrected chi connectivity index (χ4v) is 5.92. The molecule has 13 heteroatoms. The predicted molar refractivity (Wildman–Crippen MR) is 179 cm³/mol. The molecule has 1 rings (SSSR count). The molecule has 12 nitrogen and oxygen atoms in total. The Morgan fingerprint density at radius 1 is 0.787 bits per heavy atom. The van der Waals surface area contributed by atoms with E-state index in [9.17, 15) is 28.5 Å². The van der Waals surface area contributed by atoms with Crippen LogP contribution in [0.25, 0.3) is 0 Å². The van der Waals surface area contributed by atoms with Gasteiger partial charge in [-0.1, -0.05) is 103 Å². The molecule has 0 amide bonds. The third-order valence-corrected chi connectivity index (χ3v) is 8.57. The van der Waals surface area contributed by atoms with Gasteiger partial charge in [0.05, 0.1) is 19.8 Å². The monoisotopic (exact) mass is 696 g/mol. The maximum atomic E-state index is 12.1. The Morgan fingerprint density at radius 2 is 1.34 bits per heavy atom. The topological polar surface area (TPSA) is 178 Å². The number of esters is 1. The number of allylic oxidation sites excluding steroid dienone is 2. The van der Waals surface area contributed by atoms with Crippen LogP contribution in [-0.4, -0.2) is 97.5 Å².